The normalized spacial score (nSPS) is 15.2. The summed E-state index contributed by atoms with van der Waals surface area (Å²) in [6, 6.07) is -2.01. The molecule has 0 fully saturated rings. The Morgan fingerprint density at radius 2 is 1.36 bits per heavy atom. The van der Waals surface area contributed by atoms with Gasteiger partial charge in [0.2, 0.25) is 10.2 Å². The second-order valence-electron chi connectivity index (χ2n) is 2.48. The molecule has 0 bridgehead atoms. The van der Waals surface area contributed by atoms with Crippen LogP contribution in [-0.4, -0.2) is 38.0 Å². The van der Waals surface area contributed by atoms with Gasteiger partial charge in [0.05, 0.1) is 12.1 Å². The molecule has 2 atom stereocenters. The van der Waals surface area contributed by atoms with Crippen LogP contribution in [0.1, 0.15) is 0 Å². The number of carbonyl (C=O) groups excluding carboxylic acids is 2. The summed E-state index contributed by atoms with van der Waals surface area (Å²) in [6.07, 6.45) is 0. The van der Waals surface area contributed by atoms with E-state index in [1.807, 2.05) is 0 Å². The van der Waals surface area contributed by atoms with E-state index in [1.165, 1.54) is 0 Å². The standard InChI is InChI=1S/C6H12N2O3S3/c7-3(1-12)5(9)14(11)6(10)4(8)2-13/h3-4,12-13H,1-2,7-8H2/t3-,4-/m0/s1. The lowest BCUT2D eigenvalue weighted by molar-refractivity contribution is -0.114. The Morgan fingerprint density at radius 3 is 1.57 bits per heavy atom. The zero-order valence-corrected chi connectivity index (χ0v) is 9.86. The molecule has 0 radical (unpaired) electrons. The van der Waals surface area contributed by atoms with Crippen molar-refractivity contribution in [3.8, 4) is 0 Å². The van der Waals surface area contributed by atoms with Gasteiger partial charge in [-0.05, 0) is 0 Å². The van der Waals surface area contributed by atoms with E-state index < -0.39 is 33.1 Å². The van der Waals surface area contributed by atoms with Gasteiger partial charge >= 0.3 is 0 Å². The largest absolute Gasteiger partial charge is 0.320 e. The fraction of sp³-hybridized carbons (Fsp3) is 0.667. The molecule has 0 aromatic carbocycles. The first kappa shape index (κ1) is 14.1. The summed E-state index contributed by atoms with van der Waals surface area (Å²) in [6.45, 7) is 0. The Kier molecular flexibility index (Phi) is 6.62. The van der Waals surface area contributed by atoms with Gasteiger partial charge in [-0.3, -0.25) is 9.59 Å². The second-order valence-corrected chi connectivity index (χ2v) is 4.56. The minimum atomic E-state index is -2.30. The molecular formula is C6H12N2O3S3. The summed E-state index contributed by atoms with van der Waals surface area (Å²) in [5.74, 6) is 0.0714. The van der Waals surface area contributed by atoms with E-state index in [0.717, 1.165) is 0 Å². The van der Waals surface area contributed by atoms with Gasteiger partial charge in [-0.25, -0.2) is 4.21 Å². The van der Waals surface area contributed by atoms with E-state index in [9.17, 15) is 13.8 Å². The summed E-state index contributed by atoms with van der Waals surface area (Å²) in [5.41, 5.74) is 10.5. The highest BCUT2D eigenvalue weighted by Crippen LogP contribution is 1.98. The van der Waals surface area contributed by atoms with Crippen molar-refractivity contribution in [2.24, 2.45) is 11.5 Å². The fourth-order valence-electron chi connectivity index (χ4n) is 0.523. The van der Waals surface area contributed by atoms with Crippen molar-refractivity contribution in [2.45, 2.75) is 12.1 Å². The molecule has 0 spiro atoms. The molecule has 5 nitrogen and oxygen atoms in total. The maximum atomic E-state index is 11.2. The van der Waals surface area contributed by atoms with Crippen LogP contribution >= 0.6 is 25.3 Å². The minimum absolute atomic E-state index is 0.0357. The van der Waals surface area contributed by atoms with Crippen molar-refractivity contribution in [1.29, 1.82) is 0 Å². The van der Waals surface area contributed by atoms with Crippen LogP contribution < -0.4 is 11.5 Å². The van der Waals surface area contributed by atoms with Crippen LogP contribution in [-0.2, 0) is 20.4 Å². The summed E-state index contributed by atoms with van der Waals surface area (Å²) in [7, 11) is -2.30. The Bertz CT molecular complexity index is 235. The Balaban J connectivity index is 4.48. The molecule has 0 aromatic rings. The molecule has 0 saturated heterocycles. The predicted molar refractivity (Wildman–Crippen MR) is 61.8 cm³/mol. The number of carbonyl (C=O) groups is 2. The lowest BCUT2D eigenvalue weighted by atomic mass is 10.4. The minimum Gasteiger partial charge on any atom is -0.320 e. The quantitative estimate of drug-likeness (QED) is 0.449. The molecule has 0 aliphatic rings. The van der Waals surface area contributed by atoms with Gasteiger partial charge in [0.15, 0.2) is 10.8 Å². The Hall–Kier alpha value is 0.110. The van der Waals surface area contributed by atoms with Crippen molar-refractivity contribution in [3.05, 3.63) is 0 Å². The van der Waals surface area contributed by atoms with Gasteiger partial charge in [0, 0.05) is 11.5 Å². The summed E-state index contributed by atoms with van der Waals surface area (Å²) < 4.78 is 11.2. The maximum absolute atomic E-state index is 11.2. The van der Waals surface area contributed by atoms with Crippen LogP contribution in [0.4, 0.5) is 0 Å². The highest BCUT2D eigenvalue weighted by atomic mass is 32.2. The van der Waals surface area contributed by atoms with Gasteiger partial charge in [-0.2, -0.15) is 25.3 Å². The number of nitrogens with two attached hydrogens (primary N) is 2. The molecule has 0 saturated carbocycles. The molecular weight excluding hydrogens is 244 g/mol. The molecule has 0 unspecified atom stereocenters. The predicted octanol–water partition coefficient (Wildman–Crippen LogP) is -1.70. The Morgan fingerprint density at radius 1 is 1.07 bits per heavy atom. The van der Waals surface area contributed by atoms with Crippen molar-refractivity contribution >= 4 is 46.3 Å². The van der Waals surface area contributed by atoms with Gasteiger partial charge in [0.25, 0.3) is 0 Å². The first-order valence-corrected chi connectivity index (χ1v) is 6.09. The third kappa shape index (κ3) is 3.70. The third-order valence-corrected chi connectivity index (χ3v) is 3.49. The van der Waals surface area contributed by atoms with Gasteiger partial charge in [-0.1, -0.05) is 0 Å². The van der Waals surface area contributed by atoms with Gasteiger partial charge in [-0.15, -0.1) is 0 Å². The lowest BCUT2D eigenvalue weighted by Gasteiger charge is -2.08. The molecule has 0 rings (SSSR count). The molecule has 0 amide bonds. The summed E-state index contributed by atoms with van der Waals surface area (Å²) in [5, 5.41) is -1.69. The van der Waals surface area contributed by atoms with E-state index in [4.69, 9.17) is 11.5 Å². The van der Waals surface area contributed by atoms with Crippen LogP contribution in [0.3, 0.4) is 0 Å². The molecule has 14 heavy (non-hydrogen) atoms. The first-order chi connectivity index (χ1) is 6.45. The maximum Gasteiger partial charge on any atom is 0.244 e. The Labute approximate surface area is 95.3 Å². The van der Waals surface area contributed by atoms with Crippen molar-refractivity contribution < 1.29 is 13.8 Å². The van der Waals surface area contributed by atoms with Crippen molar-refractivity contribution in [1.82, 2.24) is 0 Å². The van der Waals surface area contributed by atoms with Crippen LogP contribution in [0.25, 0.3) is 0 Å². The molecule has 0 aliphatic carbocycles. The van der Waals surface area contributed by atoms with Crippen molar-refractivity contribution in [3.63, 3.8) is 0 Å². The topological polar surface area (TPSA) is 103 Å². The number of thiol groups is 2. The van der Waals surface area contributed by atoms with Gasteiger partial charge < -0.3 is 11.5 Å². The lowest BCUT2D eigenvalue weighted by Crippen LogP contribution is -2.43. The van der Waals surface area contributed by atoms with Crippen LogP contribution in [0, 0.1) is 0 Å². The van der Waals surface area contributed by atoms with Crippen LogP contribution in [0.5, 0.6) is 0 Å². The van der Waals surface area contributed by atoms with E-state index in [2.05, 4.69) is 25.3 Å². The van der Waals surface area contributed by atoms with E-state index >= 15 is 0 Å². The van der Waals surface area contributed by atoms with Crippen LogP contribution in [0.2, 0.25) is 0 Å². The molecule has 0 aliphatic heterocycles. The van der Waals surface area contributed by atoms with E-state index in [1.54, 1.807) is 0 Å². The second kappa shape index (κ2) is 6.57. The molecule has 82 valence electrons. The highest BCUT2D eigenvalue weighted by Gasteiger charge is 2.28. The molecule has 0 aromatic heterocycles. The van der Waals surface area contributed by atoms with E-state index in [0.29, 0.717) is 0 Å². The fourth-order valence-corrected chi connectivity index (χ4v) is 2.02. The van der Waals surface area contributed by atoms with Crippen molar-refractivity contribution in [2.75, 3.05) is 11.5 Å². The smallest absolute Gasteiger partial charge is 0.244 e. The summed E-state index contributed by atoms with van der Waals surface area (Å²) >= 11 is 7.51. The van der Waals surface area contributed by atoms with Gasteiger partial charge in [0.1, 0.15) is 0 Å². The molecule has 8 heteroatoms. The average molecular weight is 256 g/mol. The first-order valence-electron chi connectivity index (χ1n) is 3.68. The van der Waals surface area contributed by atoms with Crippen LogP contribution in [0.15, 0.2) is 0 Å². The average Bonchev–Trinajstić information content (AvgIpc) is 2.23. The zero-order valence-electron chi connectivity index (χ0n) is 7.25. The monoisotopic (exact) mass is 256 g/mol. The number of hydrogen-bond acceptors (Lipinski definition) is 7. The third-order valence-electron chi connectivity index (χ3n) is 1.36. The molecule has 0 heterocycles. The number of rotatable bonds is 4. The number of hydrogen-bond donors (Lipinski definition) is 4. The zero-order chi connectivity index (χ0) is 11.3. The molecule has 4 N–H and O–H groups in total. The SMILES string of the molecule is N[C@@H](CS)C(=O)S(=O)C(=O)[C@@H](N)CS. The highest BCUT2D eigenvalue weighted by molar-refractivity contribution is 8.13. The van der Waals surface area contributed by atoms with E-state index in [-0.39, 0.29) is 11.5 Å². The summed E-state index contributed by atoms with van der Waals surface area (Å²) in [4.78, 5) is 22.3.